The first kappa shape index (κ1) is 18.1. The lowest BCUT2D eigenvalue weighted by Gasteiger charge is -2.35. The van der Waals surface area contributed by atoms with E-state index in [9.17, 15) is 14.3 Å². The molecular formula is C18H27FN4O2. The van der Waals surface area contributed by atoms with Gasteiger partial charge in [-0.3, -0.25) is 4.79 Å². The molecule has 1 amide bonds. The van der Waals surface area contributed by atoms with Crippen LogP contribution >= 0.6 is 0 Å². The molecule has 0 bridgehead atoms. The van der Waals surface area contributed by atoms with E-state index < -0.39 is 6.10 Å². The van der Waals surface area contributed by atoms with Crippen LogP contribution in [-0.2, 0) is 0 Å². The summed E-state index contributed by atoms with van der Waals surface area (Å²) in [7, 11) is 0. The summed E-state index contributed by atoms with van der Waals surface area (Å²) in [5.74, 6) is -0.663. The maximum atomic E-state index is 14.5. The third kappa shape index (κ3) is 4.29. The molecule has 3 N–H and O–H groups in total. The molecule has 1 aromatic rings. The summed E-state index contributed by atoms with van der Waals surface area (Å²) in [5, 5.41) is 15.6. The second-order valence-corrected chi connectivity index (χ2v) is 6.78. The van der Waals surface area contributed by atoms with Crippen molar-refractivity contribution in [1.29, 1.82) is 0 Å². The van der Waals surface area contributed by atoms with Gasteiger partial charge in [0.15, 0.2) is 0 Å². The number of benzene rings is 1. The fourth-order valence-corrected chi connectivity index (χ4v) is 3.46. The van der Waals surface area contributed by atoms with E-state index in [1.54, 1.807) is 12.1 Å². The van der Waals surface area contributed by atoms with Gasteiger partial charge in [0.25, 0.3) is 5.91 Å². The number of aliphatic hydroxyl groups excluding tert-OH is 1. The van der Waals surface area contributed by atoms with Gasteiger partial charge in [-0.1, -0.05) is 6.92 Å². The molecule has 2 heterocycles. The van der Waals surface area contributed by atoms with E-state index in [0.717, 1.165) is 32.7 Å². The van der Waals surface area contributed by atoms with E-state index >= 15 is 0 Å². The van der Waals surface area contributed by atoms with E-state index in [2.05, 4.69) is 22.5 Å². The lowest BCUT2D eigenvalue weighted by Crippen LogP contribution is -2.46. The summed E-state index contributed by atoms with van der Waals surface area (Å²) in [6.07, 6.45) is -0.443. The van der Waals surface area contributed by atoms with Crippen molar-refractivity contribution in [3.63, 3.8) is 0 Å². The zero-order valence-corrected chi connectivity index (χ0v) is 14.7. The minimum Gasteiger partial charge on any atom is -0.391 e. The second kappa shape index (κ2) is 8.12. The number of carbonyl (C=O) groups is 1. The van der Waals surface area contributed by atoms with Crippen LogP contribution in [0.25, 0.3) is 0 Å². The highest BCUT2D eigenvalue weighted by Crippen LogP contribution is 2.22. The molecule has 0 saturated carbocycles. The number of aliphatic hydroxyl groups is 1. The van der Waals surface area contributed by atoms with E-state index in [4.69, 9.17) is 0 Å². The first-order chi connectivity index (χ1) is 12.1. The lowest BCUT2D eigenvalue weighted by atomic mass is 10.1. The van der Waals surface area contributed by atoms with Crippen LogP contribution in [0, 0.1) is 11.7 Å². The van der Waals surface area contributed by atoms with Gasteiger partial charge in [0, 0.05) is 57.3 Å². The fraction of sp³-hybridized carbons (Fsp3) is 0.611. The molecule has 0 radical (unpaired) electrons. The molecular weight excluding hydrogens is 323 g/mol. The zero-order chi connectivity index (χ0) is 17.8. The predicted octanol–water partition coefficient (Wildman–Crippen LogP) is 0.278. The highest BCUT2D eigenvalue weighted by Gasteiger charge is 2.25. The van der Waals surface area contributed by atoms with Crippen molar-refractivity contribution < 1.29 is 14.3 Å². The summed E-state index contributed by atoms with van der Waals surface area (Å²) < 4.78 is 14.5. The van der Waals surface area contributed by atoms with Gasteiger partial charge in [-0.25, -0.2) is 4.39 Å². The number of piperazine rings is 1. The third-order valence-electron chi connectivity index (χ3n) is 5.20. The van der Waals surface area contributed by atoms with Crippen LogP contribution < -0.4 is 15.5 Å². The fourth-order valence-electron chi connectivity index (χ4n) is 3.46. The average Bonchev–Trinajstić information content (AvgIpc) is 3.04. The highest BCUT2D eigenvalue weighted by atomic mass is 19.1. The number of amides is 1. The van der Waals surface area contributed by atoms with Crippen molar-refractivity contribution in [1.82, 2.24) is 15.5 Å². The molecule has 138 valence electrons. The molecule has 1 aromatic carbocycles. The SMILES string of the molecule is CCN1CCN(c2ccc(C(=O)NCC3CNCC3O)cc2F)CC1. The first-order valence-electron chi connectivity index (χ1n) is 9.02. The number of nitrogens with zero attached hydrogens (tertiary/aromatic N) is 2. The number of hydrogen-bond acceptors (Lipinski definition) is 5. The number of carbonyl (C=O) groups excluding carboxylic acids is 1. The summed E-state index contributed by atoms with van der Waals surface area (Å²) in [6.45, 7) is 8.20. The Hall–Kier alpha value is -1.70. The quantitative estimate of drug-likeness (QED) is 0.712. The van der Waals surface area contributed by atoms with Crippen molar-refractivity contribution in [3.05, 3.63) is 29.6 Å². The molecule has 7 heteroatoms. The standard InChI is InChI=1S/C18H27FN4O2/c1-2-22-5-7-23(8-6-22)16-4-3-13(9-15(16)19)18(25)21-11-14-10-20-12-17(14)24/h3-4,9,14,17,20,24H,2,5-8,10-12H2,1H3,(H,21,25). The van der Waals surface area contributed by atoms with Crippen molar-refractivity contribution in [2.24, 2.45) is 5.92 Å². The van der Waals surface area contributed by atoms with E-state index in [1.807, 2.05) is 4.90 Å². The Morgan fingerprint density at radius 3 is 2.68 bits per heavy atom. The number of nitrogens with one attached hydrogen (secondary N) is 2. The Kier molecular flexibility index (Phi) is 5.88. The molecule has 2 saturated heterocycles. The maximum absolute atomic E-state index is 14.5. The van der Waals surface area contributed by atoms with Crippen molar-refractivity contribution >= 4 is 11.6 Å². The smallest absolute Gasteiger partial charge is 0.251 e. The number of hydrogen-bond donors (Lipinski definition) is 3. The molecule has 25 heavy (non-hydrogen) atoms. The summed E-state index contributed by atoms with van der Waals surface area (Å²) in [5.41, 5.74) is 0.872. The topological polar surface area (TPSA) is 67.8 Å². The molecule has 2 aliphatic rings. The van der Waals surface area contributed by atoms with Gasteiger partial charge in [-0.2, -0.15) is 0 Å². The number of anilines is 1. The summed E-state index contributed by atoms with van der Waals surface area (Å²) in [4.78, 5) is 16.6. The molecule has 2 aliphatic heterocycles. The summed E-state index contributed by atoms with van der Waals surface area (Å²) in [6, 6.07) is 4.67. The summed E-state index contributed by atoms with van der Waals surface area (Å²) >= 11 is 0. The average molecular weight is 350 g/mol. The number of β-amino-alcohol motifs (C(OH)–C–C–N with tert-alkyl or cyclic N) is 1. The normalized spacial score (nSPS) is 24.5. The predicted molar refractivity (Wildman–Crippen MR) is 95.4 cm³/mol. The van der Waals surface area contributed by atoms with Gasteiger partial charge in [0.1, 0.15) is 5.82 Å². The van der Waals surface area contributed by atoms with Gasteiger partial charge in [0.2, 0.25) is 0 Å². The maximum Gasteiger partial charge on any atom is 0.251 e. The molecule has 0 aliphatic carbocycles. The van der Waals surface area contributed by atoms with Crippen LogP contribution in [0.2, 0.25) is 0 Å². The Morgan fingerprint density at radius 1 is 1.32 bits per heavy atom. The molecule has 2 atom stereocenters. The van der Waals surface area contributed by atoms with Crippen LogP contribution in [0.15, 0.2) is 18.2 Å². The largest absolute Gasteiger partial charge is 0.391 e. The van der Waals surface area contributed by atoms with Gasteiger partial charge in [-0.15, -0.1) is 0 Å². The van der Waals surface area contributed by atoms with E-state index in [0.29, 0.717) is 30.9 Å². The molecule has 3 rings (SSSR count). The zero-order valence-electron chi connectivity index (χ0n) is 14.7. The van der Waals surface area contributed by atoms with Crippen LogP contribution in [-0.4, -0.2) is 74.4 Å². The Morgan fingerprint density at radius 2 is 2.08 bits per heavy atom. The van der Waals surface area contributed by atoms with E-state index in [-0.39, 0.29) is 17.6 Å². The Balaban J connectivity index is 1.58. The highest BCUT2D eigenvalue weighted by molar-refractivity contribution is 5.94. The molecule has 0 aromatic heterocycles. The minimum absolute atomic E-state index is 0.00271. The van der Waals surface area contributed by atoms with Gasteiger partial charge >= 0.3 is 0 Å². The lowest BCUT2D eigenvalue weighted by molar-refractivity contribution is 0.0926. The van der Waals surface area contributed by atoms with Crippen molar-refractivity contribution in [2.75, 3.05) is 57.3 Å². The first-order valence-corrected chi connectivity index (χ1v) is 9.02. The Labute approximate surface area is 148 Å². The molecule has 2 unspecified atom stereocenters. The van der Waals surface area contributed by atoms with E-state index in [1.165, 1.54) is 6.07 Å². The van der Waals surface area contributed by atoms with Crippen LogP contribution in [0.5, 0.6) is 0 Å². The van der Waals surface area contributed by atoms with Crippen LogP contribution in [0.1, 0.15) is 17.3 Å². The number of likely N-dealkylation sites (N-methyl/N-ethyl adjacent to an activating group) is 1. The van der Waals surface area contributed by atoms with Crippen LogP contribution in [0.3, 0.4) is 0 Å². The van der Waals surface area contributed by atoms with Crippen molar-refractivity contribution in [2.45, 2.75) is 13.0 Å². The second-order valence-electron chi connectivity index (χ2n) is 6.78. The van der Waals surface area contributed by atoms with Gasteiger partial charge in [0.05, 0.1) is 11.8 Å². The number of halogens is 1. The minimum atomic E-state index is -0.443. The Bertz CT molecular complexity index is 605. The van der Waals surface area contributed by atoms with Gasteiger partial charge < -0.3 is 25.5 Å². The molecule has 2 fully saturated rings. The third-order valence-corrected chi connectivity index (χ3v) is 5.20. The molecule has 6 nitrogen and oxygen atoms in total. The monoisotopic (exact) mass is 350 g/mol. The van der Waals surface area contributed by atoms with Crippen LogP contribution in [0.4, 0.5) is 10.1 Å². The van der Waals surface area contributed by atoms with Crippen molar-refractivity contribution in [3.8, 4) is 0 Å². The molecule has 0 spiro atoms. The number of rotatable bonds is 5. The van der Waals surface area contributed by atoms with Gasteiger partial charge in [-0.05, 0) is 24.7 Å².